The van der Waals surface area contributed by atoms with Crippen LogP contribution in [0.15, 0.2) is 24.4 Å². The molecule has 1 N–H and O–H groups in total. The molecule has 0 saturated heterocycles. The molecule has 1 amide bonds. The number of amides is 1. The molecule has 0 radical (unpaired) electrons. The lowest BCUT2D eigenvalue weighted by Crippen LogP contribution is -2.32. The highest BCUT2D eigenvalue weighted by atomic mass is 16.6. The van der Waals surface area contributed by atoms with Gasteiger partial charge in [0.05, 0.1) is 11.0 Å². The Balaban J connectivity index is 1.91. The van der Waals surface area contributed by atoms with E-state index in [2.05, 4.69) is 35.5 Å². The van der Waals surface area contributed by atoms with Gasteiger partial charge in [0, 0.05) is 7.05 Å². The molecule has 23 heavy (non-hydrogen) atoms. The Morgan fingerprint density at radius 2 is 2.22 bits per heavy atom. The Labute approximate surface area is 133 Å². The van der Waals surface area contributed by atoms with Gasteiger partial charge in [0.25, 0.3) is 5.91 Å². The number of benzene rings is 1. The molecule has 1 heterocycles. The smallest absolute Gasteiger partial charge is 0.320 e. The van der Waals surface area contributed by atoms with E-state index in [0.717, 1.165) is 23.7 Å². The van der Waals surface area contributed by atoms with E-state index in [4.69, 9.17) is 0 Å². The van der Waals surface area contributed by atoms with Gasteiger partial charge in [-0.2, -0.15) is 5.10 Å². The standard InChI is InChI=1S/C16H18N4O3/c1-9-4-5-11-7-10(2)14(12(11)6-9)18-16(21)15-13(20(22)23)8-17-19(15)3/h4-6,8,10,14H,7H2,1-3H3,(H,18,21)/t10-,14-/m0/s1. The predicted molar refractivity (Wildman–Crippen MR) is 84.1 cm³/mol. The molecule has 0 fully saturated rings. The predicted octanol–water partition coefficient (Wildman–Crippen LogP) is 2.30. The van der Waals surface area contributed by atoms with Gasteiger partial charge in [-0.15, -0.1) is 0 Å². The Kier molecular flexibility index (Phi) is 3.63. The quantitative estimate of drug-likeness (QED) is 0.695. The summed E-state index contributed by atoms with van der Waals surface area (Å²) in [5, 5.41) is 17.8. The zero-order valence-corrected chi connectivity index (χ0v) is 13.2. The summed E-state index contributed by atoms with van der Waals surface area (Å²) in [4.78, 5) is 23.0. The van der Waals surface area contributed by atoms with Crippen LogP contribution in [0.1, 0.15) is 40.1 Å². The van der Waals surface area contributed by atoms with Crippen molar-refractivity contribution in [2.75, 3.05) is 0 Å². The lowest BCUT2D eigenvalue weighted by atomic mass is 10.0. The van der Waals surface area contributed by atoms with Crippen molar-refractivity contribution < 1.29 is 9.72 Å². The van der Waals surface area contributed by atoms with E-state index in [0.29, 0.717) is 0 Å². The number of carbonyl (C=O) groups is 1. The summed E-state index contributed by atoms with van der Waals surface area (Å²) in [5.74, 6) is -0.231. The van der Waals surface area contributed by atoms with Crippen molar-refractivity contribution in [3.63, 3.8) is 0 Å². The van der Waals surface area contributed by atoms with Crippen molar-refractivity contribution in [1.29, 1.82) is 0 Å². The third-order valence-electron chi connectivity index (χ3n) is 4.37. The second-order valence-corrected chi connectivity index (χ2v) is 6.09. The van der Waals surface area contributed by atoms with Crippen LogP contribution < -0.4 is 5.32 Å². The Hall–Kier alpha value is -2.70. The van der Waals surface area contributed by atoms with E-state index in [-0.39, 0.29) is 23.3 Å². The number of nitrogens with one attached hydrogen (secondary N) is 1. The summed E-state index contributed by atoms with van der Waals surface area (Å²) < 4.78 is 1.24. The van der Waals surface area contributed by atoms with Gasteiger partial charge in [-0.3, -0.25) is 19.6 Å². The lowest BCUT2D eigenvalue weighted by molar-refractivity contribution is -0.385. The van der Waals surface area contributed by atoms with E-state index >= 15 is 0 Å². The van der Waals surface area contributed by atoms with E-state index in [1.807, 2.05) is 6.92 Å². The molecule has 0 saturated carbocycles. The van der Waals surface area contributed by atoms with Gasteiger partial charge in [-0.05, 0) is 30.4 Å². The van der Waals surface area contributed by atoms with Crippen LogP contribution in [-0.2, 0) is 13.5 Å². The molecule has 120 valence electrons. The summed E-state index contributed by atoms with van der Waals surface area (Å²) >= 11 is 0. The van der Waals surface area contributed by atoms with E-state index in [9.17, 15) is 14.9 Å². The number of aryl methyl sites for hydroxylation is 2. The minimum atomic E-state index is -0.585. The average molecular weight is 314 g/mol. The van der Waals surface area contributed by atoms with Gasteiger partial charge in [-0.1, -0.05) is 30.7 Å². The molecule has 7 heteroatoms. The van der Waals surface area contributed by atoms with Crippen LogP contribution in [0, 0.1) is 23.0 Å². The summed E-state index contributed by atoms with van der Waals surface area (Å²) in [6.45, 7) is 4.08. The zero-order chi connectivity index (χ0) is 16.7. The van der Waals surface area contributed by atoms with Crippen molar-refractivity contribution in [2.24, 2.45) is 13.0 Å². The van der Waals surface area contributed by atoms with Gasteiger partial charge >= 0.3 is 5.69 Å². The molecule has 1 aliphatic rings. The first-order valence-corrected chi connectivity index (χ1v) is 7.45. The second kappa shape index (κ2) is 5.49. The van der Waals surface area contributed by atoms with Crippen LogP contribution in [0.25, 0.3) is 0 Å². The highest BCUT2D eigenvalue weighted by molar-refractivity contribution is 5.96. The van der Waals surface area contributed by atoms with Crippen molar-refractivity contribution in [1.82, 2.24) is 15.1 Å². The number of nitrogens with zero attached hydrogens (tertiary/aromatic N) is 3. The fourth-order valence-corrected chi connectivity index (χ4v) is 3.21. The van der Waals surface area contributed by atoms with Gasteiger partial charge in [0.2, 0.25) is 5.69 Å². The van der Waals surface area contributed by atoms with Crippen LogP contribution in [0.4, 0.5) is 5.69 Å². The third kappa shape index (κ3) is 2.58. The molecule has 0 aliphatic heterocycles. The number of rotatable bonds is 3. The Bertz CT molecular complexity index is 797. The van der Waals surface area contributed by atoms with Crippen molar-refractivity contribution in [3.05, 3.63) is 56.9 Å². The normalized spacial score (nSPS) is 19.4. The van der Waals surface area contributed by atoms with Crippen molar-refractivity contribution in [3.8, 4) is 0 Å². The van der Waals surface area contributed by atoms with Crippen molar-refractivity contribution >= 4 is 11.6 Å². The molecular weight excluding hydrogens is 296 g/mol. The minimum Gasteiger partial charge on any atom is -0.343 e. The fraction of sp³-hybridized carbons (Fsp3) is 0.375. The molecule has 2 atom stereocenters. The minimum absolute atomic E-state index is 0.0247. The summed E-state index contributed by atoms with van der Waals surface area (Å²) in [5.41, 5.74) is 3.13. The first-order chi connectivity index (χ1) is 10.9. The third-order valence-corrected chi connectivity index (χ3v) is 4.37. The largest absolute Gasteiger partial charge is 0.343 e. The number of carbonyl (C=O) groups excluding carboxylic acids is 1. The maximum Gasteiger partial charge on any atom is 0.320 e. The molecule has 7 nitrogen and oxygen atoms in total. The number of hydrogen-bond donors (Lipinski definition) is 1. The molecule has 0 bridgehead atoms. The van der Waals surface area contributed by atoms with Crippen LogP contribution in [0.3, 0.4) is 0 Å². The Morgan fingerprint density at radius 3 is 2.91 bits per heavy atom. The number of nitro groups is 1. The second-order valence-electron chi connectivity index (χ2n) is 6.09. The molecule has 1 aromatic heterocycles. The molecule has 0 spiro atoms. The maximum absolute atomic E-state index is 12.6. The van der Waals surface area contributed by atoms with Crippen LogP contribution in [-0.4, -0.2) is 20.6 Å². The zero-order valence-electron chi connectivity index (χ0n) is 13.2. The van der Waals surface area contributed by atoms with Gasteiger partial charge in [0.15, 0.2) is 0 Å². The molecule has 3 rings (SSSR count). The topological polar surface area (TPSA) is 90.1 Å². The number of aromatic nitrogens is 2. The van der Waals surface area contributed by atoms with Gasteiger partial charge in [0.1, 0.15) is 6.20 Å². The molecule has 1 aromatic carbocycles. The van der Waals surface area contributed by atoms with E-state index in [1.165, 1.54) is 17.3 Å². The van der Waals surface area contributed by atoms with E-state index < -0.39 is 10.8 Å². The highest BCUT2D eigenvalue weighted by Gasteiger charge is 2.33. The number of hydrogen-bond acceptors (Lipinski definition) is 4. The van der Waals surface area contributed by atoms with Crippen LogP contribution in [0.5, 0.6) is 0 Å². The molecule has 0 unspecified atom stereocenters. The van der Waals surface area contributed by atoms with Crippen molar-refractivity contribution in [2.45, 2.75) is 26.3 Å². The van der Waals surface area contributed by atoms with Crippen LogP contribution in [0.2, 0.25) is 0 Å². The van der Waals surface area contributed by atoms with Crippen LogP contribution >= 0.6 is 0 Å². The average Bonchev–Trinajstić information content (AvgIpc) is 3.01. The van der Waals surface area contributed by atoms with Gasteiger partial charge < -0.3 is 5.32 Å². The Morgan fingerprint density at radius 1 is 1.48 bits per heavy atom. The first-order valence-electron chi connectivity index (χ1n) is 7.45. The lowest BCUT2D eigenvalue weighted by Gasteiger charge is -2.19. The number of fused-ring (bicyclic) bond motifs is 1. The van der Waals surface area contributed by atoms with E-state index in [1.54, 1.807) is 0 Å². The SMILES string of the molecule is Cc1ccc2c(c1)[C@@H](NC(=O)c1c([N+](=O)[O-])cnn1C)[C@@H](C)C2. The molecule has 1 aliphatic carbocycles. The molecular formula is C16H18N4O3. The summed E-state index contributed by atoms with van der Waals surface area (Å²) in [6, 6.07) is 6.06. The monoisotopic (exact) mass is 314 g/mol. The first kappa shape index (κ1) is 15.2. The fourth-order valence-electron chi connectivity index (χ4n) is 3.21. The summed E-state index contributed by atoms with van der Waals surface area (Å²) in [7, 11) is 1.53. The maximum atomic E-state index is 12.6. The van der Waals surface area contributed by atoms with Gasteiger partial charge in [-0.25, -0.2) is 0 Å². The summed E-state index contributed by atoms with van der Waals surface area (Å²) in [6.07, 6.45) is 1.99. The highest BCUT2D eigenvalue weighted by Crippen LogP contribution is 2.36. The molecule has 2 aromatic rings.